The fourth-order valence-corrected chi connectivity index (χ4v) is 8.88. The minimum Gasteiger partial charge on any atom is -0.459 e. The second-order valence-electron chi connectivity index (χ2n) is 10.8. The molecule has 3 aliphatic carbocycles. The van der Waals surface area contributed by atoms with Crippen LogP contribution >= 0.6 is 22.7 Å². The third kappa shape index (κ3) is 3.41. The van der Waals surface area contributed by atoms with E-state index in [0.29, 0.717) is 33.7 Å². The zero-order valence-corrected chi connectivity index (χ0v) is 21.4. The molecule has 0 amide bonds. The normalized spacial score (nSPS) is 26.7. The summed E-state index contributed by atoms with van der Waals surface area (Å²) in [5, 5.41) is 15.5. The number of carbonyl (C=O) groups excluding carboxylic acids is 1. The Balaban J connectivity index is 1.23. The highest BCUT2D eigenvalue weighted by Gasteiger charge is 2.59. The number of ether oxygens (including phenoxy) is 1. The summed E-state index contributed by atoms with van der Waals surface area (Å²) in [5.41, 5.74) is 1.25. The fraction of sp³-hybridized carbons (Fsp3) is 0.464. The highest BCUT2D eigenvalue weighted by atomic mass is 32.1. The van der Waals surface area contributed by atoms with Crippen LogP contribution in [-0.4, -0.2) is 47.8 Å². The zero-order chi connectivity index (χ0) is 23.5. The van der Waals surface area contributed by atoms with E-state index in [1.807, 2.05) is 35.0 Å². The van der Waals surface area contributed by atoms with E-state index in [1.165, 1.54) is 40.2 Å². The van der Waals surface area contributed by atoms with E-state index in [0.717, 1.165) is 30.2 Å². The second-order valence-corrected chi connectivity index (χ2v) is 12.7. The number of benzene rings is 1. The molecule has 3 aromatic rings. The summed E-state index contributed by atoms with van der Waals surface area (Å²) in [6, 6.07) is 17.3. The number of thiophene rings is 2. The fourth-order valence-electron chi connectivity index (χ4n) is 7.17. The van der Waals surface area contributed by atoms with Crippen molar-refractivity contribution in [2.24, 2.45) is 11.8 Å². The van der Waals surface area contributed by atoms with E-state index >= 15 is 0 Å². The van der Waals surface area contributed by atoms with Gasteiger partial charge in [0, 0.05) is 24.7 Å². The molecule has 6 rings (SSSR count). The van der Waals surface area contributed by atoms with E-state index in [-0.39, 0.29) is 6.10 Å². The van der Waals surface area contributed by atoms with Crippen LogP contribution in [0.5, 0.6) is 0 Å². The molecule has 6 heteroatoms. The Bertz CT molecular complexity index is 1110. The molecule has 1 N–H and O–H groups in total. The summed E-state index contributed by atoms with van der Waals surface area (Å²) >= 11 is 2.80. The van der Waals surface area contributed by atoms with Crippen molar-refractivity contribution in [3.8, 4) is 0 Å². The predicted octanol–water partition coefficient (Wildman–Crippen LogP) is 5.00. The first-order chi connectivity index (χ1) is 16.4. The van der Waals surface area contributed by atoms with Gasteiger partial charge in [0.15, 0.2) is 0 Å². The number of hydrogen-bond donors (Lipinski definition) is 1. The van der Waals surface area contributed by atoms with E-state index in [4.69, 9.17) is 4.74 Å². The Morgan fingerprint density at radius 2 is 1.59 bits per heavy atom. The van der Waals surface area contributed by atoms with Crippen molar-refractivity contribution in [2.45, 2.75) is 55.9 Å². The van der Waals surface area contributed by atoms with Gasteiger partial charge in [-0.1, -0.05) is 36.4 Å². The van der Waals surface area contributed by atoms with Crippen molar-refractivity contribution in [3.63, 3.8) is 0 Å². The van der Waals surface area contributed by atoms with E-state index in [2.05, 4.69) is 38.4 Å². The number of rotatable bonds is 6. The highest BCUT2D eigenvalue weighted by Crippen LogP contribution is 2.52. The standard InChI is InChI=1S/C28H32NO3S2/c1-29(2,21-15-18-7-3-4-8-19(18)16-21)26-20-11-12-22(26)23(17-20)32-27(30)28(31,24-9-5-13-33-24)25-10-6-14-34-25/h3-10,13-14,20-23,26,31H,11-12,15-17H2,1-2H3/q+1. The van der Waals surface area contributed by atoms with Crippen LogP contribution in [0, 0.1) is 11.8 Å². The van der Waals surface area contributed by atoms with Gasteiger partial charge in [0.1, 0.15) is 6.10 Å². The van der Waals surface area contributed by atoms with Gasteiger partial charge >= 0.3 is 5.97 Å². The van der Waals surface area contributed by atoms with Gasteiger partial charge in [-0.25, -0.2) is 4.79 Å². The molecule has 2 fully saturated rings. The average Bonchev–Trinajstić information content (AvgIpc) is 3.66. The van der Waals surface area contributed by atoms with E-state index < -0.39 is 11.6 Å². The number of hydrogen-bond acceptors (Lipinski definition) is 5. The molecule has 3 aliphatic rings. The van der Waals surface area contributed by atoms with Crippen LogP contribution in [0.15, 0.2) is 59.3 Å². The topological polar surface area (TPSA) is 46.5 Å². The molecule has 1 aromatic carbocycles. The number of likely N-dealkylation sites (N-methyl/N-ethyl adjacent to an activating group) is 1. The van der Waals surface area contributed by atoms with Gasteiger partial charge in [-0.05, 0) is 53.3 Å². The Morgan fingerprint density at radius 3 is 2.15 bits per heavy atom. The lowest BCUT2D eigenvalue weighted by molar-refractivity contribution is -0.942. The third-order valence-corrected chi connectivity index (χ3v) is 10.8. The van der Waals surface area contributed by atoms with Gasteiger partial charge in [0.05, 0.1) is 35.9 Å². The largest absolute Gasteiger partial charge is 0.459 e. The number of carbonyl (C=O) groups is 1. The molecule has 0 spiro atoms. The molecule has 4 atom stereocenters. The Kier molecular flexibility index (Phi) is 5.49. The Labute approximate surface area is 209 Å². The van der Waals surface area contributed by atoms with Crippen molar-refractivity contribution in [1.29, 1.82) is 0 Å². The first-order valence-corrected chi connectivity index (χ1v) is 14.1. The predicted molar refractivity (Wildman–Crippen MR) is 136 cm³/mol. The molecular formula is C28H32NO3S2+. The van der Waals surface area contributed by atoms with Crippen LogP contribution in [0.2, 0.25) is 0 Å². The molecule has 2 heterocycles. The summed E-state index contributed by atoms with van der Waals surface area (Å²) in [4.78, 5) is 14.8. The van der Waals surface area contributed by atoms with Gasteiger partial charge < -0.3 is 14.3 Å². The maximum absolute atomic E-state index is 13.6. The third-order valence-electron chi connectivity index (χ3n) is 8.85. The monoisotopic (exact) mass is 494 g/mol. The van der Waals surface area contributed by atoms with Gasteiger partial charge in [-0.2, -0.15) is 0 Å². The molecule has 0 aliphatic heterocycles. The molecule has 2 aromatic heterocycles. The van der Waals surface area contributed by atoms with Crippen molar-refractivity contribution in [3.05, 3.63) is 80.2 Å². The maximum atomic E-state index is 13.6. The second kappa shape index (κ2) is 8.30. The van der Waals surface area contributed by atoms with Crippen molar-refractivity contribution in [2.75, 3.05) is 14.1 Å². The lowest BCUT2D eigenvalue weighted by atomic mass is 9.96. The number of fused-ring (bicyclic) bond motifs is 3. The highest BCUT2D eigenvalue weighted by molar-refractivity contribution is 7.12. The summed E-state index contributed by atoms with van der Waals surface area (Å²) in [6.45, 7) is 0. The van der Waals surface area contributed by atoms with Crippen LogP contribution in [0.4, 0.5) is 0 Å². The van der Waals surface area contributed by atoms with Gasteiger partial charge in [0.25, 0.3) is 0 Å². The quantitative estimate of drug-likeness (QED) is 0.388. The molecule has 2 saturated carbocycles. The molecule has 4 nitrogen and oxygen atoms in total. The summed E-state index contributed by atoms with van der Waals surface area (Å²) in [5.74, 6) is 0.397. The number of aliphatic hydroxyl groups is 1. The molecule has 178 valence electrons. The van der Waals surface area contributed by atoms with Crippen LogP contribution in [0.3, 0.4) is 0 Å². The average molecular weight is 495 g/mol. The van der Waals surface area contributed by atoms with E-state index in [9.17, 15) is 9.90 Å². The van der Waals surface area contributed by atoms with Gasteiger partial charge in [-0.3, -0.25) is 0 Å². The molecule has 0 radical (unpaired) electrons. The molecule has 4 unspecified atom stereocenters. The first kappa shape index (κ1) is 22.5. The zero-order valence-electron chi connectivity index (χ0n) is 19.7. The van der Waals surface area contributed by atoms with Gasteiger partial charge in [0.2, 0.25) is 5.60 Å². The van der Waals surface area contributed by atoms with Crippen LogP contribution in [-0.2, 0) is 28.0 Å². The Morgan fingerprint density at radius 1 is 0.971 bits per heavy atom. The maximum Gasteiger partial charge on any atom is 0.349 e. The summed E-state index contributed by atoms with van der Waals surface area (Å²) in [6.07, 6.45) is 5.35. The van der Waals surface area contributed by atoms with Crippen LogP contribution in [0.25, 0.3) is 0 Å². The first-order valence-electron chi connectivity index (χ1n) is 12.3. The molecular weight excluding hydrogens is 462 g/mol. The lowest BCUT2D eigenvalue weighted by Crippen LogP contribution is -2.58. The van der Waals surface area contributed by atoms with Crippen molar-refractivity contribution >= 4 is 28.6 Å². The van der Waals surface area contributed by atoms with Crippen LogP contribution in [0.1, 0.15) is 40.1 Å². The number of quaternary nitrogens is 1. The number of esters is 1. The van der Waals surface area contributed by atoms with Crippen LogP contribution < -0.4 is 0 Å². The van der Waals surface area contributed by atoms with Crippen molar-refractivity contribution < 1.29 is 19.1 Å². The minimum atomic E-state index is -1.73. The molecule has 2 bridgehead atoms. The Hall–Kier alpha value is -1.99. The molecule has 34 heavy (non-hydrogen) atoms. The lowest BCUT2D eigenvalue weighted by Gasteiger charge is -2.44. The molecule has 0 saturated heterocycles. The summed E-state index contributed by atoms with van der Waals surface area (Å²) < 4.78 is 7.21. The number of nitrogens with zero attached hydrogens (tertiary/aromatic N) is 1. The smallest absolute Gasteiger partial charge is 0.349 e. The van der Waals surface area contributed by atoms with Gasteiger partial charge in [-0.15, -0.1) is 22.7 Å². The summed E-state index contributed by atoms with van der Waals surface area (Å²) in [7, 11) is 4.79. The van der Waals surface area contributed by atoms with E-state index in [1.54, 1.807) is 0 Å². The minimum absolute atomic E-state index is 0.121. The van der Waals surface area contributed by atoms with Crippen molar-refractivity contribution in [1.82, 2.24) is 0 Å². The SMILES string of the molecule is C[N+](C)(C1Cc2ccccc2C1)C1C2CCC1C(OC(=O)C(O)(c1cccs1)c1cccs1)C2.